The number of hydrogen-bond acceptors (Lipinski definition) is 5. The van der Waals surface area contributed by atoms with Gasteiger partial charge in [0.15, 0.2) is 0 Å². The van der Waals surface area contributed by atoms with E-state index in [0.29, 0.717) is 31.7 Å². The van der Waals surface area contributed by atoms with E-state index in [1.54, 1.807) is 16.9 Å². The number of benzene rings is 2. The van der Waals surface area contributed by atoms with Gasteiger partial charge in [0.2, 0.25) is 5.91 Å². The van der Waals surface area contributed by atoms with Crippen LogP contribution in [-0.4, -0.2) is 60.6 Å². The van der Waals surface area contributed by atoms with Crippen LogP contribution in [0.5, 0.6) is 5.75 Å². The Morgan fingerprint density at radius 2 is 1.87 bits per heavy atom. The first-order chi connectivity index (χ1) is 18.0. The van der Waals surface area contributed by atoms with Gasteiger partial charge in [0.1, 0.15) is 18.0 Å². The lowest BCUT2D eigenvalue weighted by atomic mass is 9.93. The average Bonchev–Trinajstić information content (AvgIpc) is 2.98. The van der Waals surface area contributed by atoms with Crippen molar-refractivity contribution in [3.63, 3.8) is 0 Å². The molecule has 0 spiro atoms. The summed E-state index contributed by atoms with van der Waals surface area (Å²) in [4.78, 5) is 42.4. The number of likely N-dealkylation sites (tertiary alicyclic amines) is 1. The molecule has 1 unspecified atom stereocenters. The molecule has 0 saturated carbocycles. The minimum absolute atomic E-state index is 0.149. The maximum absolute atomic E-state index is 14.1. The molecular formula is C30H38N2O6. The maximum Gasteiger partial charge on any atom is 0.308 e. The van der Waals surface area contributed by atoms with Crippen molar-refractivity contribution < 1.29 is 29.0 Å². The number of nitrogens with zero attached hydrogens (tertiary/aromatic N) is 2. The molecule has 2 heterocycles. The number of carboxylic acid groups (broad SMARTS) is 1. The lowest BCUT2D eigenvalue weighted by molar-refractivity contribution is -0.148. The molecule has 204 valence electrons. The zero-order valence-electron chi connectivity index (χ0n) is 22.9. The second-order valence-corrected chi connectivity index (χ2v) is 11.5. The molecule has 2 aliphatic heterocycles. The number of aryl methyl sites for hydroxylation is 1. The number of carbonyl (C=O) groups excluding carboxylic acids is 2. The van der Waals surface area contributed by atoms with Crippen molar-refractivity contribution in [3.05, 3.63) is 59.2 Å². The van der Waals surface area contributed by atoms with Crippen molar-refractivity contribution in [2.24, 2.45) is 11.3 Å². The Labute approximate surface area is 224 Å². The van der Waals surface area contributed by atoms with Gasteiger partial charge in [-0.15, -0.1) is 0 Å². The number of piperidine rings is 1. The van der Waals surface area contributed by atoms with Crippen molar-refractivity contribution >= 4 is 23.5 Å². The Hall–Kier alpha value is -3.39. The molecule has 0 bridgehead atoms. The monoisotopic (exact) mass is 522 g/mol. The summed E-state index contributed by atoms with van der Waals surface area (Å²) in [5, 5.41) is 9.48. The van der Waals surface area contributed by atoms with Crippen molar-refractivity contribution in [3.8, 4) is 5.75 Å². The van der Waals surface area contributed by atoms with Crippen LogP contribution < -0.4 is 9.64 Å². The predicted octanol–water partition coefficient (Wildman–Crippen LogP) is 4.58. The number of amides is 2. The second kappa shape index (κ2) is 11.2. The highest BCUT2D eigenvalue weighted by Gasteiger charge is 2.41. The highest BCUT2D eigenvalue weighted by atomic mass is 16.5. The first-order valence-electron chi connectivity index (χ1n) is 13.2. The summed E-state index contributed by atoms with van der Waals surface area (Å²) in [6.45, 7) is 9.27. The Morgan fingerprint density at radius 3 is 2.55 bits per heavy atom. The molecule has 0 aliphatic carbocycles. The van der Waals surface area contributed by atoms with Crippen LogP contribution in [-0.2, 0) is 19.1 Å². The molecule has 1 saturated heterocycles. The van der Waals surface area contributed by atoms with Crippen LogP contribution in [0.15, 0.2) is 42.5 Å². The Bertz CT molecular complexity index is 1200. The van der Waals surface area contributed by atoms with Gasteiger partial charge in [0, 0.05) is 36.4 Å². The summed E-state index contributed by atoms with van der Waals surface area (Å²) < 4.78 is 12.2. The quantitative estimate of drug-likeness (QED) is 0.597. The highest BCUT2D eigenvalue weighted by Crippen LogP contribution is 2.42. The van der Waals surface area contributed by atoms with Gasteiger partial charge in [0.05, 0.1) is 19.4 Å². The minimum atomic E-state index is -1.04. The number of methoxy groups -OCH3 is 1. The van der Waals surface area contributed by atoms with E-state index in [9.17, 15) is 19.5 Å². The predicted molar refractivity (Wildman–Crippen MR) is 144 cm³/mol. The first-order valence-corrected chi connectivity index (χ1v) is 13.2. The molecule has 8 nitrogen and oxygen atoms in total. The van der Waals surface area contributed by atoms with Crippen molar-refractivity contribution in [2.75, 3.05) is 31.6 Å². The molecule has 3 atom stereocenters. The van der Waals surface area contributed by atoms with Crippen LogP contribution in [0, 0.1) is 18.3 Å². The fourth-order valence-corrected chi connectivity index (χ4v) is 5.31. The number of fused-ring (bicyclic) bond motifs is 1. The second-order valence-electron chi connectivity index (χ2n) is 11.5. The number of para-hydroxylation sites is 1. The fourth-order valence-electron chi connectivity index (χ4n) is 5.31. The lowest BCUT2D eigenvalue weighted by Crippen LogP contribution is -2.47. The third kappa shape index (κ3) is 6.01. The smallest absolute Gasteiger partial charge is 0.308 e. The van der Waals surface area contributed by atoms with Gasteiger partial charge in [-0.05, 0) is 37.3 Å². The molecule has 2 aliphatic rings. The summed E-state index contributed by atoms with van der Waals surface area (Å²) in [7, 11) is 1.60. The van der Waals surface area contributed by atoms with E-state index in [1.807, 2.05) is 49.4 Å². The van der Waals surface area contributed by atoms with Gasteiger partial charge >= 0.3 is 5.97 Å². The van der Waals surface area contributed by atoms with Crippen LogP contribution in [0.1, 0.15) is 62.8 Å². The molecular weight excluding hydrogens is 484 g/mol. The normalized spacial score (nSPS) is 22.0. The molecule has 8 heteroatoms. The van der Waals surface area contributed by atoms with E-state index in [1.165, 1.54) is 0 Å². The van der Waals surface area contributed by atoms with Crippen molar-refractivity contribution in [2.45, 2.75) is 59.2 Å². The van der Waals surface area contributed by atoms with Crippen LogP contribution in [0.3, 0.4) is 0 Å². The third-order valence-corrected chi connectivity index (χ3v) is 7.14. The largest absolute Gasteiger partial charge is 0.496 e. The maximum atomic E-state index is 14.1. The van der Waals surface area contributed by atoms with E-state index in [0.717, 1.165) is 22.4 Å². The van der Waals surface area contributed by atoms with E-state index < -0.39 is 24.1 Å². The lowest BCUT2D eigenvalue weighted by Gasteiger charge is -2.33. The van der Waals surface area contributed by atoms with E-state index in [4.69, 9.17) is 9.47 Å². The summed E-state index contributed by atoms with van der Waals surface area (Å²) in [6, 6.07) is 13.5. The Balaban J connectivity index is 1.76. The minimum Gasteiger partial charge on any atom is -0.496 e. The number of carboxylic acids is 1. The molecule has 2 aromatic rings. The average molecular weight is 523 g/mol. The van der Waals surface area contributed by atoms with Crippen LogP contribution >= 0.6 is 0 Å². The molecule has 2 aromatic carbocycles. The number of ether oxygens (including phenoxy) is 2. The number of anilines is 1. The van der Waals surface area contributed by atoms with Gasteiger partial charge in [-0.1, -0.05) is 56.7 Å². The van der Waals surface area contributed by atoms with Crippen molar-refractivity contribution in [1.82, 2.24) is 4.90 Å². The number of aliphatic carboxylic acids is 1. The zero-order valence-corrected chi connectivity index (χ0v) is 22.9. The van der Waals surface area contributed by atoms with E-state index in [2.05, 4.69) is 20.8 Å². The molecule has 0 aromatic heterocycles. The summed E-state index contributed by atoms with van der Waals surface area (Å²) in [5.41, 5.74) is 3.18. The van der Waals surface area contributed by atoms with Gasteiger partial charge in [-0.3, -0.25) is 14.4 Å². The standard InChI is InChI=1S/C30H38N2O6/c1-19-12-13-23-22(15-19)27(21-10-6-7-11-24(21)37-5)38-25(28(34)32(23)18-30(2,3)4)16-26(33)31-14-8-9-20(17-31)29(35)36/h6-7,10-13,15,20,25,27H,8-9,14,16-18H2,1-5H3,(H,35,36)/t20?,25-,27-/m0/s1. The molecule has 38 heavy (non-hydrogen) atoms. The molecule has 1 N–H and O–H groups in total. The number of carbonyl (C=O) groups is 3. The van der Waals surface area contributed by atoms with Crippen molar-refractivity contribution in [1.29, 1.82) is 0 Å². The van der Waals surface area contributed by atoms with Gasteiger partial charge in [-0.25, -0.2) is 0 Å². The van der Waals surface area contributed by atoms with Gasteiger partial charge in [-0.2, -0.15) is 0 Å². The topological polar surface area (TPSA) is 96.4 Å². The third-order valence-electron chi connectivity index (χ3n) is 7.14. The van der Waals surface area contributed by atoms with Gasteiger partial charge < -0.3 is 24.4 Å². The summed E-state index contributed by atoms with van der Waals surface area (Å²) >= 11 is 0. The highest BCUT2D eigenvalue weighted by molar-refractivity contribution is 6.00. The fraction of sp³-hybridized carbons (Fsp3) is 0.500. The van der Waals surface area contributed by atoms with E-state index in [-0.39, 0.29) is 30.2 Å². The molecule has 4 rings (SSSR count). The summed E-state index contributed by atoms with van der Waals surface area (Å²) in [6.07, 6.45) is -0.683. The first kappa shape index (κ1) is 27.6. The number of rotatable bonds is 6. The molecule has 2 amide bonds. The molecule has 1 fully saturated rings. The summed E-state index contributed by atoms with van der Waals surface area (Å²) in [5.74, 6) is -1.41. The number of hydrogen-bond donors (Lipinski definition) is 1. The Morgan fingerprint density at radius 1 is 1.13 bits per heavy atom. The SMILES string of the molecule is COc1ccccc1[C@@H]1O[C@@H](CC(=O)N2CCCC(C(=O)O)C2)C(=O)N(CC(C)(C)C)c2ccc(C)cc21. The Kier molecular flexibility index (Phi) is 8.11. The van der Waals surface area contributed by atoms with Crippen LogP contribution in [0.4, 0.5) is 5.69 Å². The van der Waals surface area contributed by atoms with Gasteiger partial charge in [0.25, 0.3) is 5.91 Å². The molecule has 0 radical (unpaired) electrons. The van der Waals surface area contributed by atoms with Crippen LogP contribution in [0.2, 0.25) is 0 Å². The zero-order chi connectivity index (χ0) is 27.6. The van der Waals surface area contributed by atoms with E-state index >= 15 is 0 Å². The van der Waals surface area contributed by atoms with Crippen LogP contribution in [0.25, 0.3) is 0 Å².